The van der Waals surface area contributed by atoms with Crippen LogP contribution in [0.15, 0.2) is 23.1 Å². The molecule has 0 spiro atoms. The number of benzene rings is 1. The van der Waals surface area contributed by atoms with E-state index >= 15 is 0 Å². The van der Waals surface area contributed by atoms with Gasteiger partial charge in [0.15, 0.2) is 0 Å². The quantitative estimate of drug-likeness (QED) is 0.509. The third kappa shape index (κ3) is 2.90. The number of nitrogens with two attached hydrogens (primary N) is 1. The maximum Gasteiger partial charge on any atom is 0.126 e. The number of nitrogen functional groups attached to an aromatic ring is 1. The van der Waals surface area contributed by atoms with Crippen molar-refractivity contribution in [3.8, 4) is 0 Å². The van der Waals surface area contributed by atoms with Crippen LogP contribution in [0.25, 0.3) is 0 Å². The Morgan fingerprint density at radius 1 is 1.29 bits per heavy atom. The molecule has 2 heterocycles. The van der Waals surface area contributed by atoms with Crippen molar-refractivity contribution in [1.29, 1.82) is 5.41 Å². The molecule has 2 fully saturated rings. The lowest BCUT2D eigenvalue weighted by Crippen LogP contribution is -2.35. The van der Waals surface area contributed by atoms with Crippen LogP contribution in [-0.4, -0.2) is 49.2 Å². The first-order valence-electron chi connectivity index (χ1n) is 7.71. The molecule has 5 heteroatoms. The fourth-order valence-electron chi connectivity index (χ4n) is 3.59. The fraction of sp³-hybridized carbons (Fsp3) is 0.562. The minimum absolute atomic E-state index is 0.180. The number of amidine groups is 1. The van der Waals surface area contributed by atoms with Crippen LogP contribution in [-0.2, 0) is 0 Å². The van der Waals surface area contributed by atoms with Gasteiger partial charge in [-0.3, -0.25) is 10.3 Å². The lowest BCUT2D eigenvalue weighted by Gasteiger charge is -2.26. The minimum Gasteiger partial charge on any atom is -0.384 e. The average molecular weight is 304 g/mol. The topological polar surface area (TPSA) is 56.4 Å². The summed E-state index contributed by atoms with van der Waals surface area (Å²) in [7, 11) is 0. The summed E-state index contributed by atoms with van der Waals surface area (Å²) in [6, 6.07) is 6.92. The Bertz CT molecular complexity index is 525. The van der Waals surface area contributed by atoms with E-state index in [-0.39, 0.29) is 5.84 Å². The number of rotatable bonds is 4. The summed E-state index contributed by atoms with van der Waals surface area (Å²) in [5, 5.41) is 7.93. The number of nitrogens with zero attached hydrogens (tertiary/aromatic N) is 2. The molecule has 1 aromatic carbocycles. The largest absolute Gasteiger partial charge is 0.384 e. The molecular formula is C16H24N4S. The highest BCUT2D eigenvalue weighted by Crippen LogP contribution is 2.32. The molecule has 21 heavy (non-hydrogen) atoms. The van der Waals surface area contributed by atoms with E-state index in [1.807, 2.05) is 6.26 Å². The monoisotopic (exact) mass is 304 g/mol. The molecular weight excluding hydrogens is 280 g/mol. The molecule has 1 aromatic rings. The third-order valence-electron chi connectivity index (χ3n) is 4.65. The molecule has 0 amide bonds. The highest BCUT2D eigenvalue weighted by atomic mass is 32.2. The normalized spacial score (nSPS) is 22.9. The van der Waals surface area contributed by atoms with Crippen LogP contribution in [0.3, 0.4) is 0 Å². The van der Waals surface area contributed by atoms with Crippen molar-refractivity contribution in [2.45, 2.75) is 30.2 Å². The van der Waals surface area contributed by atoms with Gasteiger partial charge in [0.25, 0.3) is 0 Å². The molecule has 4 nitrogen and oxygen atoms in total. The van der Waals surface area contributed by atoms with Gasteiger partial charge in [-0.2, -0.15) is 0 Å². The van der Waals surface area contributed by atoms with Crippen molar-refractivity contribution in [2.24, 2.45) is 5.73 Å². The molecule has 0 saturated carbocycles. The van der Waals surface area contributed by atoms with Crippen molar-refractivity contribution in [1.82, 2.24) is 4.90 Å². The van der Waals surface area contributed by atoms with Gasteiger partial charge in [-0.05, 0) is 50.7 Å². The maximum atomic E-state index is 7.93. The first-order valence-corrected chi connectivity index (χ1v) is 8.93. The van der Waals surface area contributed by atoms with Crippen LogP contribution >= 0.6 is 11.8 Å². The van der Waals surface area contributed by atoms with Gasteiger partial charge in [-0.25, -0.2) is 0 Å². The van der Waals surface area contributed by atoms with Gasteiger partial charge in [-0.1, -0.05) is 6.07 Å². The van der Waals surface area contributed by atoms with E-state index in [2.05, 4.69) is 28.0 Å². The number of hydrogen-bond donors (Lipinski definition) is 2. The van der Waals surface area contributed by atoms with Gasteiger partial charge in [0.2, 0.25) is 0 Å². The minimum atomic E-state index is 0.180. The summed E-state index contributed by atoms with van der Waals surface area (Å²) in [5.74, 6) is 0.180. The summed E-state index contributed by atoms with van der Waals surface area (Å²) in [4.78, 5) is 6.15. The summed E-state index contributed by atoms with van der Waals surface area (Å²) in [6.07, 6.45) is 5.96. The zero-order chi connectivity index (χ0) is 14.8. The predicted molar refractivity (Wildman–Crippen MR) is 90.7 cm³/mol. The van der Waals surface area contributed by atoms with Crippen LogP contribution in [0.2, 0.25) is 0 Å². The Balaban J connectivity index is 1.82. The van der Waals surface area contributed by atoms with Gasteiger partial charge in [-0.15, -0.1) is 11.8 Å². The molecule has 0 radical (unpaired) electrons. The van der Waals surface area contributed by atoms with Crippen LogP contribution in [0, 0.1) is 5.41 Å². The smallest absolute Gasteiger partial charge is 0.126 e. The SMILES string of the molecule is CSc1cccc(N2CCC(N3CCCC3)C2)c1C(=N)N. The van der Waals surface area contributed by atoms with E-state index in [1.54, 1.807) is 11.8 Å². The number of anilines is 1. The second-order valence-corrected chi connectivity index (χ2v) is 6.75. The van der Waals surface area contributed by atoms with E-state index in [0.717, 1.165) is 29.2 Å². The molecule has 1 unspecified atom stereocenters. The van der Waals surface area contributed by atoms with Crippen molar-refractivity contribution < 1.29 is 0 Å². The summed E-state index contributed by atoms with van der Waals surface area (Å²) in [5.41, 5.74) is 7.89. The number of likely N-dealkylation sites (tertiary alicyclic amines) is 1. The van der Waals surface area contributed by atoms with Crippen LogP contribution < -0.4 is 10.6 Å². The van der Waals surface area contributed by atoms with Crippen molar-refractivity contribution in [3.63, 3.8) is 0 Å². The maximum absolute atomic E-state index is 7.93. The van der Waals surface area contributed by atoms with E-state index in [0.29, 0.717) is 6.04 Å². The van der Waals surface area contributed by atoms with Gasteiger partial charge in [0.1, 0.15) is 5.84 Å². The molecule has 0 aromatic heterocycles. The van der Waals surface area contributed by atoms with Crippen molar-refractivity contribution >= 4 is 23.3 Å². The highest BCUT2D eigenvalue weighted by Gasteiger charge is 2.30. The second kappa shape index (κ2) is 6.28. The lowest BCUT2D eigenvalue weighted by atomic mass is 10.1. The van der Waals surface area contributed by atoms with Gasteiger partial charge >= 0.3 is 0 Å². The first-order chi connectivity index (χ1) is 10.2. The predicted octanol–water partition coefficient (Wildman–Crippen LogP) is 2.37. The second-order valence-electron chi connectivity index (χ2n) is 5.90. The summed E-state index contributed by atoms with van der Waals surface area (Å²) in [6.45, 7) is 4.64. The zero-order valence-electron chi connectivity index (χ0n) is 12.6. The zero-order valence-corrected chi connectivity index (χ0v) is 13.5. The Kier molecular flexibility index (Phi) is 4.40. The lowest BCUT2D eigenvalue weighted by molar-refractivity contribution is 0.260. The first kappa shape index (κ1) is 14.7. The van der Waals surface area contributed by atoms with E-state index in [4.69, 9.17) is 11.1 Å². The fourth-order valence-corrected chi connectivity index (χ4v) is 4.22. The Labute approximate surface area is 131 Å². The third-order valence-corrected chi connectivity index (χ3v) is 5.43. The van der Waals surface area contributed by atoms with Gasteiger partial charge in [0.05, 0.1) is 5.56 Å². The Hall–Kier alpha value is -1.20. The summed E-state index contributed by atoms with van der Waals surface area (Å²) >= 11 is 1.66. The molecule has 2 saturated heterocycles. The Morgan fingerprint density at radius 3 is 2.71 bits per heavy atom. The average Bonchev–Trinajstić information content (AvgIpc) is 3.16. The molecule has 0 bridgehead atoms. The van der Waals surface area contributed by atoms with Crippen molar-refractivity contribution in [2.75, 3.05) is 37.3 Å². The molecule has 1 atom stereocenters. The van der Waals surface area contributed by atoms with Gasteiger partial charge < -0.3 is 10.6 Å². The Morgan fingerprint density at radius 2 is 2.05 bits per heavy atom. The number of nitrogens with one attached hydrogen (secondary N) is 1. The summed E-state index contributed by atoms with van der Waals surface area (Å²) < 4.78 is 0. The van der Waals surface area contributed by atoms with Crippen LogP contribution in [0.1, 0.15) is 24.8 Å². The molecule has 114 valence electrons. The molecule has 3 rings (SSSR count). The van der Waals surface area contributed by atoms with Gasteiger partial charge in [0, 0.05) is 29.7 Å². The highest BCUT2D eigenvalue weighted by molar-refractivity contribution is 7.98. The van der Waals surface area contributed by atoms with Crippen LogP contribution in [0.5, 0.6) is 0 Å². The number of thioether (sulfide) groups is 1. The molecule has 2 aliphatic heterocycles. The van der Waals surface area contributed by atoms with E-state index < -0.39 is 0 Å². The molecule has 3 N–H and O–H groups in total. The molecule has 2 aliphatic rings. The van der Waals surface area contributed by atoms with Crippen molar-refractivity contribution in [3.05, 3.63) is 23.8 Å². The van der Waals surface area contributed by atoms with E-state index in [1.165, 1.54) is 32.4 Å². The standard InChI is InChI=1S/C16H24N4S/c1-21-14-6-4-5-13(15(14)16(17)18)20-10-7-12(11-20)19-8-2-3-9-19/h4-6,12H,2-3,7-11H2,1H3,(H3,17,18). The van der Waals surface area contributed by atoms with E-state index in [9.17, 15) is 0 Å². The number of hydrogen-bond acceptors (Lipinski definition) is 4. The molecule has 0 aliphatic carbocycles. The van der Waals surface area contributed by atoms with Crippen LogP contribution in [0.4, 0.5) is 5.69 Å².